The van der Waals surface area contributed by atoms with Crippen molar-refractivity contribution in [2.75, 3.05) is 0 Å². The normalized spacial score (nSPS) is 10.6. The lowest BCUT2D eigenvalue weighted by Crippen LogP contribution is -2.13. The van der Waals surface area contributed by atoms with Crippen LogP contribution in [0.15, 0.2) is 28.8 Å². The molecule has 2 aromatic rings. The molecule has 100 valence electrons. The molecule has 0 fully saturated rings. The summed E-state index contributed by atoms with van der Waals surface area (Å²) in [6.45, 7) is 4.68. The Hall–Kier alpha value is -2.21. The standard InChI is InChI=1S/C13H15N3O3/c1-9-3-4-11(6-13(9)16(17)18)7-14-8-12-5-10(2)19-15-12/h3-6,14H,7-8H2,1-2H3. The predicted octanol–water partition coefficient (Wildman–Crippen LogP) is 2.49. The van der Waals surface area contributed by atoms with E-state index in [0.29, 0.717) is 18.7 Å². The molecule has 0 saturated heterocycles. The number of hydrogen-bond donors (Lipinski definition) is 1. The van der Waals surface area contributed by atoms with Crippen molar-refractivity contribution < 1.29 is 9.45 Å². The van der Waals surface area contributed by atoms with Crippen LogP contribution in [0.1, 0.15) is 22.6 Å². The molecule has 0 saturated carbocycles. The molecule has 1 aromatic carbocycles. The number of nitrogens with zero attached hydrogens (tertiary/aromatic N) is 2. The topological polar surface area (TPSA) is 81.2 Å². The smallest absolute Gasteiger partial charge is 0.272 e. The largest absolute Gasteiger partial charge is 0.361 e. The van der Waals surface area contributed by atoms with E-state index in [9.17, 15) is 10.1 Å². The van der Waals surface area contributed by atoms with Crippen molar-refractivity contribution >= 4 is 5.69 Å². The molecule has 6 nitrogen and oxygen atoms in total. The molecule has 0 aliphatic carbocycles. The highest BCUT2D eigenvalue weighted by atomic mass is 16.6. The minimum atomic E-state index is -0.361. The molecule has 1 aromatic heterocycles. The van der Waals surface area contributed by atoms with E-state index in [2.05, 4.69) is 10.5 Å². The molecule has 6 heteroatoms. The van der Waals surface area contributed by atoms with E-state index in [1.165, 1.54) is 0 Å². The summed E-state index contributed by atoms with van der Waals surface area (Å²) >= 11 is 0. The van der Waals surface area contributed by atoms with Gasteiger partial charge in [-0.15, -0.1) is 0 Å². The second-order valence-corrected chi connectivity index (χ2v) is 4.41. The Morgan fingerprint density at radius 2 is 2.11 bits per heavy atom. The van der Waals surface area contributed by atoms with Crippen LogP contribution >= 0.6 is 0 Å². The molecule has 0 aliphatic rings. The highest BCUT2D eigenvalue weighted by Gasteiger charge is 2.10. The van der Waals surface area contributed by atoms with Crippen LogP contribution in [0.2, 0.25) is 0 Å². The average Bonchev–Trinajstić information content (AvgIpc) is 2.77. The zero-order valence-corrected chi connectivity index (χ0v) is 10.8. The van der Waals surface area contributed by atoms with Crippen LogP contribution in [-0.2, 0) is 13.1 Å². The van der Waals surface area contributed by atoms with Crippen LogP contribution in [0.25, 0.3) is 0 Å². The van der Waals surface area contributed by atoms with Crippen molar-refractivity contribution in [2.45, 2.75) is 26.9 Å². The van der Waals surface area contributed by atoms with Crippen LogP contribution in [-0.4, -0.2) is 10.1 Å². The molecule has 0 amide bonds. The monoisotopic (exact) mass is 261 g/mol. The molecule has 0 unspecified atom stereocenters. The second kappa shape index (κ2) is 5.62. The van der Waals surface area contributed by atoms with Gasteiger partial charge in [0.2, 0.25) is 0 Å². The van der Waals surface area contributed by atoms with Gasteiger partial charge in [-0.3, -0.25) is 10.1 Å². The van der Waals surface area contributed by atoms with Crippen molar-refractivity contribution in [3.63, 3.8) is 0 Å². The van der Waals surface area contributed by atoms with Gasteiger partial charge in [0.1, 0.15) is 5.76 Å². The first-order chi connectivity index (χ1) is 9.06. The third-order valence-electron chi connectivity index (χ3n) is 2.78. The highest BCUT2D eigenvalue weighted by Crippen LogP contribution is 2.19. The number of aromatic nitrogens is 1. The molecule has 1 heterocycles. The highest BCUT2D eigenvalue weighted by molar-refractivity contribution is 5.42. The van der Waals surface area contributed by atoms with Gasteiger partial charge in [-0.05, 0) is 19.4 Å². The lowest BCUT2D eigenvalue weighted by molar-refractivity contribution is -0.385. The van der Waals surface area contributed by atoms with Crippen LogP contribution < -0.4 is 5.32 Å². The van der Waals surface area contributed by atoms with Crippen LogP contribution in [0.5, 0.6) is 0 Å². The summed E-state index contributed by atoms with van der Waals surface area (Å²) in [4.78, 5) is 10.5. The third-order valence-corrected chi connectivity index (χ3v) is 2.78. The second-order valence-electron chi connectivity index (χ2n) is 4.41. The summed E-state index contributed by atoms with van der Waals surface area (Å²) in [6.07, 6.45) is 0. The van der Waals surface area contributed by atoms with Gasteiger partial charge < -0.3 is 9.84 Å². The lowest BCUT2D eigenvalue weighted by Gasteiger charge is -2.04. The zero-order chi connectivity index (χ0) is 13.8. The number of nitro groups is 1. The number of nitrogens with one attached hydrogen (secondary N) is 1. The SMILES string of the molecule is Cc1cc(CNCc2ccc(C)c([N+](=O)[O-])c2)no1. The van der Waals surface area contributed by atoms with E-state index in [1.807, 2.05) is 19.1 Å². The Balaban J connectivity index is 1.96. The molecule has 0 atom stereocenters. The third kappa shape index (κ3) is 3.38. The van der Waals surface area contributed by atoms with E-state index >= 15 is 0 Å². The molecule has 0 radical (unpaired) electrons. The first-order valence-corrected chi connectivity index (χ1v) is 5.93. The number of rotatable bonds is 5. The molecule has 0 bridgehead atoms. The zero-order valence-electron chi connectivity index (χ0n) is 10.8. The van der Waals surface area contributed by atoms with Gasteiger partial charge in [0.05, 0.1) is 10.6 Å². The summed E-state index contributed by atoms with van der Waals surface area (Å²) in [5.74, 6) is 0.766. The summed E-state index contributed by atoms with van der Waals surface area (Å²) in [5, 5.41) is 17.9. The molecule has 19 heavy (non-hydrogen) atoms. The van der Waals surface area contributed by atoms with E-state index in [-0.39, 0.29) is 10.6 Å². The Bertz CT molecular complexity index is 593. The Labute approximate surface area is 110 Å². The van der Waals surface area contributed by atoms with Crippen molar-refractivity contribution in [2.24, 2.45) is 0 Å². The van der Waals surface area contributed by atoms with Crippen molar-refractivity contribution in [3.05, 3.63) is 57.0 Å². The lowest BCUT2D eigenvalue weighted by atomic mass is 10.1. The number of nitro benzene ring substituents is 1. The maximum absolute atomic E-state index is 10.8. The molecular weight excluding hydrogens is 246 g/mol. The van der Waals surface area contributed by atoms with Crippen molar-refractivity contribution in [1.82, 2.24) is 10.5 Å². The van der Waals surface area contributed by atoms with Gasteiger partial charge >= 0.3 is 0 Å². The van der Waals surface area contributed by atoms with Gasteiger partial charge in [-0.25, -0.2) is 0 Å². The number of benzene rings is 1. The predicted molar refractivity (Wildman–Crippen MR) is 69.6 cm³/mol. The maximum Gasteiger partial charge on any atom is 0.272 e. The number of hydrogen-bond acceptors (Lipinski definition) is 5. The average molecular weight is 261 g/mol. The van der Waals surface area contributed by atoms with E-state index < -0.39 is 0 Å². The summed E-state index contributed by atoms with van der Waals surface area (Å²) in [7, 11) is 0. The van der Waals surface area contributed by atoms with Gasteiger partial charge in [-0.2, -0.15) is 0 Å². The Morgan fingerprint density at radius 3 is 2.74 bits per heavy atom. The number of aryl methyl sites for hydroxylation is 2. The van der Waals surface area contributed by atoms with Gasteiger partial charge in [-0.1, -0.05) is 17.3 Å². The molecule has 2 rings (SSSR count). The summed E-state index contributed by atoms with van der Waals surface area (Å²) in [6, 6.07) is 7.08. The van der Waals surface area contributed by atoms with Crippen LogP contribution in [0, 0.1) is 24.0 Å². The molecule has 0 spiro atoms. The van der Waals surface area contributed by atoms with E-state index in [1.54, 1.807) is 19.1 Å². The Kier molecular flexibility index (Phi) is 3.91. The van der Waals surface area contributed by atoms with E-state index in [0.717, 1.165) is 17.0 Å². The minimum absolute atomic E-state index is 0.150. The minimum Gasteiger partial charge on any atom is -0.361 e. The fraction of sp³-hybridized carbons (Fsp3) is 0.308. The summed E-state index contributed by atoms with van der Waals surface area (Å²) in [5.41, 5.74) is 2.51. The fourth-order valence-electron chi connectivity index (χ4n) is 1.80. The van der Waals surface area contributed by atoms with Crippen LogP contribution in [0.4, 0.5) is 5.69 Å². The van der Waals surface area contributed by atoms with Crippen molar-refractivity contribution in [3.8, 4) is 0 Å². The molecular formula is C13H15N3O3. The summed E-state index contributed by atoms with van der Waals surface area (Å²) < 4.78 is 4.95. The Morgan fingerprint density at radius 1 is 1.32 bits per heavy atom. The van der Waals surface area contributed by atoms with E-state index in [4.69, 9.17) is 4.52 Å². The first-order valence-electron chi connectivity index (χ1n) is 5.93. The van der Waals surface area contributed by atoms with Gasteiger partial charge in [0.15, 0.2) is 0 Å². The first kappa shape index (κ1) is 13.2. The fourth-order valence-corrected chi connectivity index (χ4v) is 1.80. The molecule has 0 aliphatic heterocycles. The maximum atomic E-state index is 10.8. The van der Waals surface area contributed by atoms with Crippen LogP contribution in [0.3, 0.4) is 0 Å². The molecule has 1 N–H and O–H groups in total. The van der Waals surface area contributed by atoms with Crippen molar-refractivity contribution in [1.29, 1.82) is 0 Å². The van der Waals surface area contributed by atoms with Gasteiger partial charge in [0.25, 0.3) is 5.69 Å². The van der Waals surface area contributed by atoms with Gasteiger partial charge in [0, 0.05) is 30.8 Å². The quantitative estimate of drug-likeness (QED) is 0.660.